The molecule has 0 spiro atoms. The zero-order valence-corrected chi connectivity index (χ0v) is 14.8. The molecule has 0 aliphatic rings. The molecule has 7 nitrogen and oxygen atoms in total. The number of hydrogen-bond donors (Lipinski definition) is 1. The van der Waals surface area contributed by atoms with E-state index in [4.69, 9.17) is 4.74 Å². The van der Waals surface area contributed by atoms with Gasteiger partial charge in [-0.1, -0.05) is 37.3 Å². The van der Waals surface area contributed by atoms with Crippen molar-refractivity contribution in [1.29, 1.82) is 0 Å². The molecule has 0 fully saturated rings. The number of thiazole rings is 1. The molecular formula is C18H16N4O3S. The highest BCUT2D eigenvalue weighted by Crippen LogP contribution is 2.24. The van der Waals surface area contributed by atoms with Crippen LogP contribution in [0.5, 0.6) is 0 Å². The second kappa shape index (κ2) is 8.30. The van der Waals surface area contributed by atoms with E-state index < -0.39 is 18.0 Å². The Labute approximate surface area is 154 Å². The van der Waals surface area contributed by atoms with Gasteiger partial charge in [-0.25, -0.2) is 14.8 Å². The predicted octanol–water partition coefficient (Wildman–Crippen LogP) is 3.17. The van der Waals surface area contributed by atoms with Gasteiger partial charge in [0.25, 0.3) is 5.91 Å². The first-order valence-electron chi connectivity index (χ1n) is 7.96. The number of hydrogen-bond acceptors (Lipinski definition) is 7. The number of esters is 1. The van der Waals surface area contributed by atoms with Crippen LogP contribution in [0.3, 0.4) is 0 Å². The highest BCUT2D eigenvalue weighted by molar-refractivity contribution is 7.14. The van der Waals surface area contributed by atoms with E-state index in [1.54, 1.807) is 6.92 Å². The van der Waals surface area contributed by atoms with Crippen LogP contribution in [0.25, 0.3) is 11.3 Å². The van der Waals surface area contributed by atoms with E-state index in [2.05, 4.69) is 20.3 Å². The number of carbonyl (C=O) groups is 2. The molecule has 0 saturated heterocycles. The van der Waals surface area contributed by atoms with Crippen molar-refractivity contribution < 1.29 is 14.3 Å². The maximum atomic E-state index is 12.4. The maximum Gasteiger partial charge on any atom is 0.359 e. The average Bonchev–Trinajstić information content (AvgIpc) is 3.15. The smallest absolute Gasteiger partial charge is 0.359 e. The van der Waals surface area contributed by atoms with Crippen LogP contribution >= 0.6 is 11.3 Å². The van der Waals surface area contributed by atoms with Gasteiger partial charge in [-0.3, -0.25) is 15.1 Å². The average molecular weight is 368 g/mol. The first-order chi connectivity index (χ1) is 12.7. The van der Waals surface area contributed by atoms with Gasteiger partial charge in [-0.05, 0) is 6.42 Å². The van der Waals surface area contributed by atoms with Crippen molar-refractivity contribution in [3.63, 3.8) is 0 Å². The van der Waals surface area contributed by atoms with Crippen molar-refractivity contribution in [3.05, 3.63) is 60.0 Å². The molecule has 1 N–H and O–H groups in total. The molecular weight excluding hydrogens is 352 g/mol. The van der Waals surface area contributed by atoms with Crippen LogP contribution in [0.15, 0.2) is 54.3 Å². The molecule has 0 saturated carbocycles. The topological polar surface area (TPSA) is 94.1 Å². The summed E-state index contributed by atoms with van der Waals surface area (Å²) < 4.78 is 5.23. The van der Waals surface area contributed by atoms with Crippen molar-refractivity contribution in [2.24, 2.45) is 0 Å². The van der Waals surface area contributed by atoms with Crippen molar-refractivity contribution in [2.75, 3.05) is 5.32 Å². The third-order valence-corrected chi connectivity index (χ3v) is 4.25. The third-order valence-electron chi connectivity index (χ3n) is 3.49. The molecule has 2 heterocycles. The van der Waals surface area contributed by atoms with Gasteiger partial charge in [-0.15, -0.1) is 11.3 Å². The summed E-state index contributed by atoms with van der Waals surface area (Å²) in [5, 5.41) is 5.00. The molecule has 1 atom stereocenters. The summed E-state index contributed by atoms with van der Waals surface area (Å²) in [4.78, 5) is 36.5. The van der Waals surface area contributed by atoms with Gasteiger partial charge in [0, 0.05) is 23.3 Å². The van der Waals surface area contributed by atoms with Crippen LogP contribution in [-0.2, 0) is 9.53 Å². The monoisotopic (exact) mass is 368 g/mol. The highest BCUT2D eigenvalue weighted by Gasteiger charge is 2.23. The Morgan fingerprint density at radius 2 is 2.04 bits per heavy atom. The third kappa shape index (κ3) is 4.28. The number of nitrogens with zero attached hydrogens (tertiary/aromatic N) is 3. The van der Waals surface area contributed by atoms with E-state index in [1.807, 2.05) is 35.7 Å². The summed E-state index contributed by atoms with van der Waals surface area (Å²) in [5.74, 6) is -1.12. The van der Waals surface area contributed by atoms with Gasteiger partial charge >= 0.3 is 5.97 Å². The normalized spacial score (nSPS) is 11.6. The lowest BCUT2D eigenvalue weighted by Crippen LogP contribution is -2.32. The first-order valence-corrected chi connectivity index (χ1v) is 8.84. The largest absolute Gasteiger partial charge is 0.447 e. The van der Waals surface area contributed by atoms with Crippen molar-refractivity contribution in [1.82, 2.24) is 15.0 Å². The molecule has 3 rings (SSSR count). The van der Waals surface area contributed by atoms with Crippen LogP contribution in [0.2, 0.25) is 0 Å². The van der Waals surface area contributed by atoms with E-state index in [0.717, 1.165) is 11.3 Å². The van der Waals surface area contributed by atoms with Gasteiger partial charge < -0.3 is 4.74 Å². The number of benzene rings is 1. The maximum absolute atomic E-state index is 12.4. The van der Waals surface area contributed by atoms with Crippen molar-refractivity contribution in [2.45, 2.75) is 19.4 Å². The lowest BCUT2D eigenvalue weighted by molar-refractivity contribution is -0.124. The van der Waals surface area contributed by atoms with Gasteiger partial charge in [0.15, 0.2) is 16.9 Å². The molecule has 1 amide bonds. The summed E-state index contributed by atoms with van der Waals surface area (Å²) in [6.07, 6.45) is 3.52. The summed E-state index contributed by atoms with van der Waals surface area (Å²) >= 11 is 1.31. The molecule has 8 heteroatoms. The molecule has 1 aromatic carbocycles. The van der Waals surface area contributed by atoms with Crippen LogP contribution in [0.4, 0.5) is 5.13 Å². The zero-order valence-electron chi connectivity index (χ0n) is 14.0. The lowest BCUT2D eigenvalue weighted by atomic mass is 10.2. The summed E-state index contributed by atoms with van der Waals surface area (Å²) in [7, 11) is 0. The predicted molar refractivity (Wildman–Crippen MR) is 97.7 cm³/mol. The van der Waals surface area contributed by atoms with Crippen LogP contribution in [0.1, 0.15) is 23.8 Å². The summed E-state index contributed by atoms with van der Waals surface area (Å²) in [5.41, 5.74) is 1.79. The minimum atomic E-state index is -0.936. The van der Waals surface area contributed by atoms with Crippen molar-refractivity contribution in [3.8, 4) is 11.3 Å². The van der Waals surface area contributed by atoms with E-state index in [1.165, 1.54) is 29.9 Å². The fourth-order valence-corrected chi connectivity index (χ4v) is 2.90. The molecule has 1 unspecified atom stereocenters. The van der Waals surface area contributed by atoms with E-state index >= 15 is 0 Å². The standard InChI is InChI=1S/C18H16N4O3S/c1-2-15(25-17(24)13-10-19-8-9-20-13)16(23)22-18-21-14(11-26-18)12-6-4-3-5-7-12/h3-11,15H,2H2,1H3,(H,21,22,23). The molecule has 0 aliphatic carbocycles. The molecule has 2 aromatic heterocycles. The second-order valence-electron chi connectivity index (χ2n) is 5.29. The summed E-state index contributed by atoms with van der Waals surface area (Å²) in [6, 6.07) is 9.66. The second-order valence-corrected chi connectivity index (χ2v) is 6.14. The number of amides is 1. The van der Waals surface area contributed by atoms with E-state index in [0.29, 0.717) is 11.6 Å². The minimum Gasteiger partial charge on any atom is -0.447 e. The number of carbonyl (C=O) groups excluding carboxylic acids is 2. The van der Waals surface area contributed by atoms with Crippen LogP contribution < -0.4 is 5.32 Å². The Kier molecular flexibility index (Phi) is 5.65. The van der Waals surface area contributed by atoms with Gasteiger partial charge in [0.05, 0.1) is 11.9 Å². The highest BCUT2D eigenvalue weighted by atomic mass is 32.1. The molecule has 3 aromatic rings. The number of ether oxygens (including phenoxy) is 1. The van der Waals surface area contributed by atoms with E-state index in [-0.39, 0.29) is 5.69 Å². The van der Waals surface area contributed by atoms with Gasteiger partial charge in [-0.2, -0.15) is 0 Å². The van der Waals surface area contributed by atoms with E-state index in [9.17, 15) is 9.59 Å². The first kappa shape index (κ1) is 17.7. The SMILES string of the molecule is CCC(OC(=O)c1cnccn1)C(=O)Nc1nc(-c2ccccc2)cs1. The Balaban J connectivity index is 1.64. The molecule has 132 valence electrons. The Morgan fingerprint density at radius 1 is 1.23 bits per heavy atom. The lowest BCUT2D eigenvalue weighted by Gasteiger charge is -2.14. The van der Waals surface area contributed by atoms with Gasteiger partial charge in [0.2, 0.25) is 0 Å². The number of nitrogens with one attached hydrogen (secondary N) is 1. The van der Waals surface area contributed by atoms with Crippen molar-refractivity contribution >= 4 is 28.3 Å². The molecule has 0 bridgehead atoms. The Hall–Kier alpha value is -3.13. The minimum absolute atomic E-state index is 0.0550. The van der Waals surface area contributed by atoms with Crippen LogP contribution in [0, 0.1) is 0 Å². The molecule has 0 aliphatic heterocycles. The quantitative estimate of drug-likeness (QED) is 0.672. The molecule has 0 radical (unpaired) electrons. The zero-order chi connectivity index (χ0) is 18.4. The number of aromatic nitrogens is 3. The number of rotatable bonds is 6. The Morgan fingerprint density at radius 3 is 2.73 bits per heavy atom. The summed E-state index contributed by atoms with van der Waals surface area (Å²) in [6.45, 7) is 1.76. The molecule has 26 heavy (non-hydrogen) atoms. The fraction of sp³-hybridized carbons (Fsp3) is 0.167. The number of anilines is 1. The van der Waals surface area contributed by atoms with Crippen LogP contribution in [-0.4, -0.2) is 32.9 Å². The van der Waals surface area contributed by atoms with Gasteiger partial charge in [0.1, 0.15) is 0 Å². The fourth-order valence-electron chi connectivity index (χ4n) is 2.17. The Bertz CT molecular complexity index is 884.